The fourth-order valence-electron chi connectivity index (χ4n) is 3.31. The number of benzene rings is 2. The molecule has 9 heteroatoms. The first-order chi connectivity index (χ1) is 14.4. The Kier molecular flexibility index (Phi) is 7.03. The van der Waals surface area contributed by atoms with E-state index in [-0.39, 0.29) is 12.3 Å². The number of ketones is 1. The summed E-state index contributed by atoms with van der Waals surface area (Å²) >= 11 is 0. The molecule has 0 aliphatic carbocycles. The molecule has 1 heterocycles. The number of carbonyl (C=O) groups excluding carboxylic acids is 3. The lowest BCUT2D eigenvalue weighted by Crippen LogP contribution is -2.36. The van der Waals surface area contributed by atoms with Crippen molar-refractivity contribution in [3.63, 3.8) is 0 Å². The largest absolute Gasteiger partial charge is 0.438 e. The molecule has 0 radical (unpaired) electrons. The molecule has 0 spiro atoms. The van der Waals surface area contributed by atoms with Gasteiger partial charge in [-0.15, -0.1) is 0 Å². The lowest BCUT2D eigenvalue weighted by atomic mass is 9.98. The van der Waals surface area contributed by atoms with Gasteiger partial charge in [0.2, 0.25) is 5.91 Å². The van der Waals surface area contributed by atoms with Crippen molar-refractivity contribution < 1.29 is 28.2 Å². The highest BCUT2D eigenvalue weighted by Gasteiger charge is 2.35. The molecule has 2 unspecified atom stereocenters. The predicted molar refractivity (Wildman–Crippen MR) is 111 cm³/mol. The van der Waals surface area contributed by atoms with Gasteiger partial charge in [-0.1, -0.05) is 36.4 Å². The molecular weight excluding hydrogens is 407 g/mol. The topological polar surface area (TPSA) is 125 Å². The molecule has 0 bridgehead atoms. The van der Waals surface area contributed by atoms with E-state index in [4.69, 9.17) is 15.0 Å². The highest BCUT2D eigenvalue weighted by Crippen LogP contribution is 2.44. The third kappa shape index (κ3) is 5.14. The van der Waals surface area contributed by atoms with Crippen molar-refractivity contribution in [1.29, 1.82) is 0 Å². The summed E-state index contributed by atoms with van der Waals surface area (Å²) in [4.78, 5) is 35.9. The van der Waals surface area contributed by atoms with Crippen molar-refractivity contribution in [1.82, 2.24) is 5.32 Å². The molecule has 0 aromatic heterocycles. The van der Waals surface area contributed by atoms with Gasteiger partial charge in [0.25, 0.3) is 7.37 Å². The number of Topliss-reactive ketones (excluding diaryl/α,β-unsaturated/α-hetero) is 1. The van der Waals surface area contributed by atoms with E-state index in [1.807, 2.05) is 0 Å². The van der Waals surface area contributed by atoms with Crippen LogP contribution in [0.5, 0.6) is 0 Å². The number of hydrogen-bond acceptors (Lipinski definition) is 6. The SMILES string of the molecule is NC(=O)OC(CC1CCNC1=O)C(=O)COP(=O)(c1ccccc1)c1ccccc1. The maximum absolute atomic E-state index is 13.8. The molecule has 2 aromatic rings. The summed E-state index contributed by atoms with van der Waals surface area (Å²) in [6, 6.07) is 17.2. The summed E-state index contributed by atoms with van der Waals surface area (Å²) in [5.74, 6) is -1.28. The highest BCUT2D eigenvalue weighted by molar-refractivity contribution is 7.74. The van der Waals surface area contributed by atoms with E-state index in [1.165, 1.54) is 0 Å². The monoisotopic (exact) mass is 430 g/mol. The molecule has 1 fully saturated rings. The van der Waals surface area contributed by atoms with Crippen molar-refractivity contribution in [2.45, 2.75) is 18.9 Å². The van der Waals surface area contributed by atoms with Crippen molar-refractivity contribution in [3.05, 3.63) is 60.7 Å². The van der Waals surface area contributed by atoms with E-state index in [1.54, 1.807) is 60.7 Å². The first-order valence-electron chi connectivity index (χ1n) is 9.52. The van der Waals surface area contributed by atoms with Crippen LogP contribution in [0.1, 0.15) is 12.8 Å². The number of nitrogens with two attached hydrogens (primary N) is 1. The van der Waals surface area contributed by atoms with Crippen molar-refractivity contribution in [2.24, 2.45) is 11.7 Å². The highest BCUT2D eigenvalue weighted by atomic mass is 31.2. The van der Waals surface area contributed by atoms with Gasteiger partial charge in [0.1, 0.15) is 6.61 Å². The van der Waals surface area contributed by atoms with E-state index >= 15 is 0 Å². The fraction of sp³-hybridized carbons (Fsp3) is 0.286. The van der Waals surface area contributed by atoms with Crippen LogP contribution in [-0.2, 0) is 23.4 Å². The molecular formula is C21H23N2O6P. The first-order valence-corrected chi connectivity index (χ1v) is 11.1. The Balaban J connectivity index is 1.79. The Bertz CT molecular complexity index is 907. The molecule has 3 N–H and O–H groups in total. The van der Waals surface area contributed by atoms with Crippen LogP contribution in [0.25, 0.3) is 0 Å². The molecule has 3 rings (SSSR count). The van der Waals surface area contributed by atoms with Gasteiger partial charge in [-0.2, -0.15) is 0 Å². The predicted octanol–water partition coefficient (Wildman–Crippen LogP) is 1.49. The number of rotatable bonds is 9. The van der Waals surface area contributed by atoms with Crippen molar-refractivity contribution in [2.75, 3.05) is 13.2 Å². The van der Waals surface area contributed by atoms with E-state index < -0.39 is 37.9 Å². The summed E-state index contributed by atoms with van der Waals surface area (Å²) in [6.07, 6.45) is -1.85. The Morgan fingerprint density at radius 3 is 2.10 bits per heavy atom. The minimum atomic E-state index is -3.57. The minimum Gasteiger partial charge on any atom is -0.438 e. The molecule has 1 aliphatic heterocycles. The van der Waals surface area contributed by atoms with Gasteiger partial charge in [-0.3, -0.25) is 14.2 Å². The van der Waals surface area contributed by atoms with Gasteiger partial charge >= 0.3 is 6.09 Å². The maximum Gasteiger partial charge on any atom is 0.405 e. The standard InChI is InChI=1S/C21H23N2O6P/c22-21(26)29-19(13-15-11-12-23-20(15)25)18(24)14-28-30(27,16-7-3-1-4-8-16)17-9-5-2-6-10-17/h1-10,15,19H,11-14H2,(H2,22,26)(H,23,25). The Hall–Kier alpha value is -2.96. The quantitative estimate of drug-likeness (QED) is 0.581. The molecule has 1 saturated heterocycles. The molecule has 8 nitrogen and oxygen atoms in total. The molecule has 2 aromatic carbocycles. The number of hydrogen-bond donors (Lipinski definition) is 2. The van der Waals surface area contributed by atoms with Gasteiger partial charge in [-0.25, -0.2) is 4.79 Å². The van der Waals surface area contributed by atoms with Crippen molar-refractivity contribution >= 4 is 35.8 Å². The van der Waals surface area contributed by atoms with Gasteiger partial charge in [-0.05, 0) is 30.7 Å². The Morgan fingerprint density at radius 2 is 1.63 bits per heavy atom. The fourth-order valence-corrected chi connectivity index (χ4v) is 5.34. The second kappa shape index (κ2) is 9.69. The van der Waals surface area contributed by atoms with Gasteiger partial charge in [0.05, 0.1) is 0 Å². The molecule has 2 atom stereocenters. The van der Waals surface area contributed by atoms with Gasteiger partial charge in [0.15, 0.2) is 11.9 Å². The van der Waals surface area contributed by atoms with Gasteiger partial charge in [0, 0.05) is 29.5 Å². The number of nitrogens with one attached hydrogen (secondary N) is 1. The smallest absolute Gasteiger partial charge is 0.405 e. The second-order valence-corrected chi connectivity index (χ2v) is 9.29. The average molecular weight is 430 g/mol. The summed E-state index contributed by atoms with van der Waals surface area (Å²) in [5, 5.41) is 3.54. The molecule has 2 amide bonds. The van der Waals surface area contributed by atoms with Crippen molar-refractivity contribution in [3.8, 4) is 0 Å². The summed E-state index contributed by atoms with van der Waals surface area (Å²) in [6.45, 7) is -0.0674. The third-order valence-electron chi connectivity index (χ3n) is 4.86. The van der Waals surface area contributed by atoms with Gasteiger partial charge < -0.3 is 20.3 Å². The molecule has 158 valence electrons. The van der Waals surface area contributed by atoms with E-state index in [9.17, 15) is 18.9 Å². The average Bonchev–Trinajstić information content (AvgIpc) is 3.16. The Labute approximate surface area is 174 Å². The zero-order valence-electron chi connectivity index (χ0n) is 16.2. The van der Waals surface area contributed by atoms with E-state index in [0.29, 0.717) is 23.6 Å². The van der Waals surface area contributed by atoms with Crippen LogP contribution in [0.15, 0.2) is 60.7 Å². The summed E-state index contributed by atoms with van der Waals surface area (Å²) < 4.78 is 24.4. The summed E-state index contributed by atoms with van der Waals surface area (Å²) in [5.41, 5.74) is 5.09. The number of primary amides is 1. The lowest BCUT2D eigenvalue weighted by molar-refractivity contribution is -0.131. The minimum absolute atomic E-state index is 0.00204. The molecule has 30 heavy (non-hydrogen) atoms. The Morgan fingerprint density at radius 1 is 1.07 bits per heavy atom. The van der Waals surface area contributed by atoms with Crippen LogP contribution in [-0.4, -0.2) is 37.0 Å². The van der Waals surface area contributed by atoms with Crippen LogP contribution in [0.4, 0.5) is 4.79 Å². The van der Waals surface area contributed by atoms with E-state index in [2.05, 4.69) is 5.32 Å². The molecule has 1 aliphatic rings. The normalized spacial score (nSPS) is 17.2. The second-order valence-electron chi connectivity index (χ2n) is 6.90. The van der Waals surface area contributed by atoms with Crippen LogP contribution < -0.4 is 21.7 Å². The van der Waals surface area contributed by atoms with Crippen LogP contribution in [0.3, 0.4) is 0 Å². The summed E-state index contributed by atoms with van der Waals surface area (Å²) in [7, 11) is -3.57. The van der Waals surface area contributed by atoms with E-state index in [0.717, 1.165) is 0 Å². The number of carbonyl (C=O) groups is 3. The van der Waals surface area contributed by atoms with Crippen LogP contribution in [0, 0.1) is 5.92 Å². The van der Waals surface area contributed by atoms with Crippen LogP contribution >= 0.6 is 7.37 Å². The lowest BCUT2D eigenvalue weighted by Gasteiger charge is -2.22. The van der Waals surface area contributed by atoms with Crippen LogP contribution in [0.2, 0.25) is 0 Å². The zero-order chi connectivity index (χ0) is 21.6. The maximum atomic E-state index is 13.8. The zero-order valence-corrected chi connectivity index (χ0v) is 17.1. The molecule has 0 saturated carbocycles. The number of ether oxygens (including phenoxy) is 1. The number of amides is 2. The third-order valence-corrected chi connectivity index (χ3v) is 7.31. The first kappa shape index (κ1) is 21.7.